The van der Waals surface area contributed by atoms with Gasteiger partial charge in [0.15, 0.2) is 0 Å². The highest BCUT2D eigenvalue weighted by molar-refractivity contribution is 6.02. The van der Waals surface area contributed by atoms with E-state index < -0.39 is 17.7 Å². The molecule has 2 N–H and O–H groups in total. The number of amides is 2. The Morgan fingerprint density at radius 1 is 1.09 bits per heavy atom. The number of carbonyl (C=O) groups is 2. The molecule has 0 radical (unpaired) electrons. The number of carbonyl (C=O) groups excluding carboxylic acids is 2. The number of halogens is 2. The summed E-state index contributed by atoms with van der Waals surface area (Å²) >= 11 is 0. The van der Waals surface area contributed by atoms with Gasteiger partial charge in [0.1, 0.15) is 18.2 Å². The molecule has 0 unspecified atom stereocenters. The van der Waals surface area contributed by atoms with E-state index in [1.807, 2.05) is 6.92 Å². The van der Waals surface area contributed by atoms with Crippen molar-refractivity contribution in [1.82, 2.24) is 20.2 Å². The molecular weight excluding hydrogens is 422 g/mol. The number of nitrogens with zero attached hydrogens (tertiary/aromatic N) is 2. The van der Waals surface area contributed by atoms with Gasteiger partial charge in [-0.2, -0.15) is 9.61 Å². The fraction of sp³-hybridized carbons (Fsp3) is 0.318. The maximum Gasteiger partial charge on any atom is 0.407 e. The van der Waals surface area contributed by atoms with Gasteiger partial charge in [0.05, 0.1) is 28.9 Å². The van der Waals surface area contributed by atoms with Crippen LogP contribution in [-0.2, 0) is 11.3 Å². The summed E-state index contributed by atoms with van der Waals surface area (Å²) < 4.78 is 39.7. The minimum Gasteiger partial charge on any atom is -0.473 e. The molecule has 8 nitrogen and oxygen atoms in total. The average Bonchev–Trinajstić information content (AvgIpc) is 3.06. The van der Waals surface area contributed by atoms with E-state index in [0.29, 0.717) is 16.8 Å². The SMILES string of the molecule is CCOC(=O)NCCNC(=O)c1c(C)nn2c(OCc3c(F)cccc3F)cc(C)cc12. The smallest absolute Gasteiger partial charge is 0.407 e. The van der Waals surface area contributed by atoms with E-state index in [1.54, 1.807) is 26.0 Å². The van der Waals surface area contributed by atoms with E-state index in [4.69, 9.17) is 9.47 Å². The summed E-state index contributed by atoms with van der Waals surface area (Å²) in [4.78, 5) is 24.1. The quantitative estimate of drug-likeness (QED) is 0.518. The maximum absolute atomic E-state index is 13.9. The zero-order chi connectivity index (χ0) is 23.3. The number of ether oxygens (including phenoxy) is 2. The topological polar surface area (TPSA) is 94.0 Å². The van der Waals surface area contributed by atoms with Crippen LogP contribution in [0.5, 0.6) is 5.88 Å². The number of hydrogen-bond donors (Lipinski definition) is 2. The standard InChI is InChI=1S/C22H24F2N4O4/c1-4-31-22(30)26-9-8-25-21(29)20-14(3)27-28-18(20)10-13(2)11-19(28)32-12-15-16(23)6-5-7-17(15)24/h5-7,10-11H,4,8-9,12H2,1-3H3,(H,25,29)(H,26,30). The highest BCUT2D eigenvalue weighted by Crippen LogP contribution is 2.24. The van der Waals surface area contributed by atoms with Crippen LogP contribution in [0.4, 0.5) is 13.6 Å². The molecule has 0 fully saturated rings. The highest BCUT2D eigenvalue weighted by atomic mass is 19.1. The van der Waals surface area contributed by atoms with Crippen LogP contribution in [0.1, 0.15) is 34.1 Å². The first kappa shape index (κ1) is 23.0. The molecule has 0 atom stereocenters. The Bertz CT molecular complexity index is 1130. The Hall–Kier alpha value is -3.69. The van der Waals surface area contributed by atoms with Crippen LogP contribution in [0.2, 0.25) is 0 Å². The molecule has 0 saturated carbocycles. The minimum atomic E-state index is -0.706. The van der Waals surface area contributed by atoms with E-state index in [-0.39, 0.29) is 43.7 Å². The first-order valence-electron chi connectivity index (χ1n) is 10.1. The number of pyridine rings is 1. The molecule has 2 heterocycles. The van der Waals surface area contributed by atoms with Gasteiger partial charge in [0.2, 0.25) is 5.88 Å². The van der Waals surface area contributed by atoms with Crippen LogP contribution in [-0.4, -0.2) is 41.3 Å². The number of benzene rings is 1. The van der Waals surface area contributed by atoms with E-state index in [0.717, 1.165) is 17.7 Å². The zero-order valence-corrected chi connectivity index (χ0v) is 18.0. The monoisotopic (exact) mass is 446 g/mol. The van der Waals surface area contributed by atoms with Crippen molar-refractivity contribution in [3.05, 3.63) is 64.4 Å². The van der Waals surface area contributed by atoms with Crippen LogP contribution in [0, 0.1) is 25.5 Å². The van der Waals surface area contributed by atoms with Crippen molar-refractivity contribution < 1.29 is 27.8 Å². The van der Waals surface area contributed by atoms with E-state index in [9.17, 15) is 18.4 Å². The molecule has 0 aliphatic heterocycles. The second kappa shape index (κ2) is 10.1. The van der Waals surface area contributed by atoms with Gasteiger partial charge in [0.25, 0.3) is 5.91 Å². The average molecular weight is 446 g/mol. The predicted molar refractivity (Wildman–Crippen MR) is 113 cm³/mol. The Kier molecular flexibility index (Phi) is 7.24. The summed E-state index contributed by atoms with van der Waals surface area (Å²) in [6.45, 7) is 5.49. The minimum absolute atomic E-state index is 0.191. The maximum atomic E-state index is 13.9. The molecule has 32 heavy (non-hydrogen) atoms. The Morgan fingerprint density at radius 3 is 2.47 bits per heavy atom. The van der Waals surface area contributed by atoms with E-state index in [1.165, 1.54) is 10.6 Å². The van der Waals surface area contributed by atoms with Gasteiger partial charge < -0.3 is 20.1 Å². The van der Waals surface area contributed by atoms with Gasteiger partial charge >= 0.3 is 6.09 Å². The van der Waals surface area contributed by atoms with Crippen LogP contribution in [0.15, 0.2) is 30.3 Å². The van der Waals surface area contributed by atoms with Crippen molar-refractivity contribution in [1.29, 1.82) is 0 Å². The summed E-state index contributed by atoms with van der Waals surface area (Å²) in [5, 5.41) is 9.61. The molecule has 2 aromatic heterocycles. The summed E-state index contributed by atoms with van der Waals surface area (Å²) in [5.74, 6) is -1.54. The van der Waals surface area contributed by atoms with E-state index in [2.05, 4.69) is 15.7 Å². The number of aryl methyl sites for hydroxylation is 2. The van der Waals surface area contributed by atoms with Gasteiger partial charge in [-0.25, -0.2) is 13.6 Å². The van der Waals surface area contributed by atoms with Gasteiger partial charge in [0, 0.05) is 19.2 Å². The van der Waals surface area contributed by atoms with Crippen LogP contribution < -0.4 is 15.4 Å². The van der Waals surface area contributed by atoms with Gasteiger partial charge in [-0.15, -0.1) is 0 Å². The molecule has 3 aromatic rings. The number of alkyl carbamates (subject to hydrolysis) is 1. The summed E-state index contributed by atoms with van der Waals surface area (Å²) in [5.41, 5.74) is 1.86. The molecule has 3 rings (SSSR count). The third-order valence-corrected chi connectivity index (χ3v) is 4.63. The van der Waals surface area contributed by atoms with Gasteiger partial charge in [-0.3, -0.25) is 4.79 Å². The van der Waals surface area contributed by atoms with Crippen molar-refractivity contribution in [3.63, 3.8) is 0 Å². The molecule has 170 valence electrons. The third-order valence-electron chi connectivity index (χ3n) is 4.63. The lowest BCUT2D eigenvalue weighted by molar-refractivity contribution is 0.0953. The molecule has 0 spiro atoms. The summed E-state index contributed by atoms with van der Waals surface area (Å²) in [7, 11) is 0. The Morgan fingerprint density at radius 2 is 1.78 bits per heavy atom. The summed E-state index contributed by atoms with van der Waals surface area (Å²) in [6, 6.07) is 7.03. The van der Waals surface area contributed by atoms with Crippen LogP contribution in [0.3, 0.4) is 0 Å². The molecule has 1 aromatic carbocycles. The molecule has 0 aliphatic carbocycles. The number of fused-ring (bicyclic) bond motifs is 1. The van der Waals surface area contributed by atoms with Crippen LogP contribution in [0.25, 0.3) is 5.52 Å². The third kappa shape index (κ3) is 5.13. The second-order valence-corrected chi connectivity index (χ2v) is 7.02. The number of nitrogens with one attached hydrogen (secondary N) is 2. The highest BCUT2D eigenvalue weighted by Gasteiger charge is 2.20. The number of aromatic nitrogens is 2. The fourth-order valence-corrected chi connectivity index (χ4v) is 3.17. The van der Waals surface area contributed by atoms with Crippen molar-refractivity contribution in [2.45, 2.75) is 27.4 Å². The van der Waals surface area contributed by atoms with E-state index >= 15 is 0 Å². The first-order valence-corrected chi connectivity index (χ1v) is 10.1. The normalized spacial score (nSPS) is 10.8. The molecular formula is C22H24F2N4O4. The molecule has 0 bridgehead atoms. The molecule has 0 aliphatic rings. The second-order valence-electron chi connectivity index (χ2n) is 7.02. The lowest BCUT2D eigenvalue weighted by Crippen LogP contribution is -2.35. The van der Waals surface area contributed by atoms with Crippen LogP contribution >= 0.6 is 0 Å². The Labute approximate surface area is 183 Å². The van der Waals surface area contributed by atoms with Crippen molar-refractivity contribution in [2.24, 2.45) is 0 Å². The lowest BCUT2D eigenvalue weighted by atomic mass is 10.1. The van der Waals surface area contributed by atoms with Gasteiger partial charge in [-0.1, -0.05) is 6.07 Å². The van der Waals surface area contributed by atoms with Crippen molar-refractivity contribution >= 4 is 17.5 Å². The molecule has 10 heteroatoms. The largest absolute Gasteiger partial charge is 0.473 e. The first-order chi connectivity index (χ1) is 15.3. The molecule has 0 saturated heterocycles. The predicted octanol–water partition coefficient (Wildman–Crippen LogP) is 3.28. The lowest BCUT2D eigenvalue weighted by Gasteiger charge is -2.11. The van der Waals surface area contributed by atoms with Crippen molar-refractivity contribution in [3.8, 4) is 5.88 Å². The fourth-order valence-electron chi connectivity index (χ4n) is 3.17. The molecule has 2 amide bonds. The Balaban J connectivity index is 1.78. The summed E-state index contributed by atoms with van der Waals surface area (Å²) in [6.07, 6.45) is -0.558. The zero-order valence-electron chi connectivity index (χ0n) is 18.0. The van der Waals surface area contributed by atoms with Crippen molar-refractivity contribution in [2.75, 3.05) is 19.7 Å². The number of rotatable bonds is 8. The number of hydrogen-bond acceptors (Lipinski definition) is 5. The van der Waals surface area contributed by atoms with Gasteiger partial charge in [-0.05, 0) is 44.5 Å².